The van der Waals surface area contributed by atoms with Crippen molar-refractivity contribution in [2.24, 2.45) is 0 Å². The van der Waals surface area contributed by atoms with Crippen molar-refractivity contribution >= 4 is 0 Å². The van der Waals surface area contributed by atoms with E-state index in [-0.39, 0.29) is 5.56 Å². The van der Waals surface area contributed by atoms with Crippen LogP contribution in [0.2, 0.25) is 0 Å². The molecule has 0 aliphatic rings. The van der Waals surface area contributed by atoms with Crippen molar-refractivity contribution < 1.29 is 0 Å². The third-order valence-electron chi connectivity index (χ3n) is 1.69. The molecule has 2 heteroatoms. The van der Waals surface area contributed by atoms with Crippen LogP contribution in [0.4, 0.5) is 0 Å². The van der Waals surface area contributed by atoms with Gasteiger partial charge in [0.25, 0.3) is 5.56 Å². The van der Waals surface area contributed by atoms with E-state index in [1.807, 2.05) is 26.8 Å². The predicted octanol–water partition coefficient (Wildman–Crippen LogP) is 2.66. The van der Waals surface area contributed by atoms with Gasteiger partial charge in [0.2, 0.25) is 0 Å². The maximum absolute atomic E-state index is 10.9. The maximum Gasteiger partial charge on any atom is 0.250 e. The zero-order chi connectivity index (χ0) is 10.3. The Labute approximate surface area is 80.0 Å². The Morgan fingerprint density at radius 1 is 1.38 bits per heavy atom. The lowest BCUT2D eigenvalue weighted by Crippen LogP contribution is -2.08. The van der Waals surface area contributed by atoms with Crippen molar-refractivity contribution in [3.05, 3.63) is 33.7 Å². The van der Waals surface area contributed by atoms with Crippen molar-refractivity contribution in [2.75, 3.05) is 0 Å². The van der Waals surface area contributed by atoms with Crippen molar-refractivity contribution in [1.29, 1.82) is 0 Å². The smallest absolute Gasteiger partial charge is 0.250 e. The standard InChI is InChI=1S/C9H13NO.C2H6/c1-3-4-8-5-7(2)9(11)10-6-8;1-2/h5-6H,3-4H2,1-2H3,(H,10,11);1-2H3. The minimum absolute atomic E-state index is 0.0184. The summed E-state index contributed by atoms with van der Waals surface area (Å²) < 4.78 is 0. The fourth-order valence-corrected chi connectivity index (χ4v) is 1.09. The van der Waals surface area contributed by atoms with E-state index < -0.39 is 0 Å². The van der Waals surface area contributed by atoms with Gasteiger partial charge >= 0.3 is 0 Å². The minimum atomic E-state index is 0.0184. The van der Waals surface area contributed by atoms with Crippen LogP contribution in [0.25, 0.3) is 0 Å². The molecular formula is C11H19NO. The van der Waals surface area contributed by atoms with Gasteiger partial charge in [0.1, 0.15) is 0 Å². The van der Waals surface area contributed by atoms with Gasteiger partial charge in [0.05, 0.1) is 0 Å². The highest BCUT2D eigenvalue weighted by molar-refractivity contribution is 5.16. The lowest BCUT2D eigenvalue weighted by molar-refractivity contribution is 0.907. The third-order valence-corrected chi connectivity index (χ3v) is 1.69. The Hall–Kier alpha value is -1.05. The van der Waals surface area contributed by atoms with Gasteiger partial charge in [-0.25, -0.2) is 0 Å². The van der Waals surface area contributed by atoms with Crippen molar-refractivity contribution in [1.82, 2.24) is 4.98 Å². The molecule has 1 heterocycles. The van der Waals surface area contributed by atoms with E-state index in [0.717, 1.165) is 18.4 Å². The molecule has 0 saturated heterocycles. The molecule has 0 atom stereocenters. The Kier molecular flexibility index (Phi) is 5.94. The topological polar surface area (TPSA) is 32.9 Å². The average Bonchev–Trinajstić information content (AvgIpc) is 2.15. The maximum atomic E-state index is 10.9. The van der Waals surface area contributed by atoms with Crippen LogP contribution >= 0.6 is 0 Å². The number of aromatic amines is 1. The molecule has 1 aromatic heterocycles. The second kappa shape index (κ2) is 6.46. The molecule has 1 N–H and O–H groups in total. The molecule has 0 aliphatic carbocycles. The van der Waals surface area contributed by atoms with E-state index in [4.69, 9.17) is 0 Å². The van der Waals surface area contributed by atoms with Gasteiger partial charge in [-0.1, -0.05) is 27.2 Å². The first kappa shape index (κ1) is 11.9. The predicted molar refractivity (Wildman–Crippen MR) is 57.1 cm³/mol. The van der Waals surface area contributed by atoms with Crippen LogP contribution in [-0.4, -0.2) is 4.98 Å². The van der Waals surface area contributed by atoms with E-state index in [9.17, 15) is 4.79 Å². The molecule has 13 heavy (non-hydrogen) atoms. The summed E-state index contributed by atoms with van der Waals surface area (Å²) >= 11 is 0. The molecule has 0 aromatic carbocycles. The van der Waals surface area contributed by atoms with Gasteiger partial charge in [0.15, 0.2) is 0 Å². The molecule has 1 aromatic rings. The van der Waals surface area contributed by atoms with Crippen LogP contribution in [0, 0.1) is 6.92 Å². The number of aromatic nitrogens is 1. The first-order chi connectivity index (χ1) is 6.24. The largest absolute Gasteiger partial charge is 0.329 e. The zero-order valence-electron chi connectivity index (χ0n) is 8.98. The summed E-state index contributed by atoms with van der Waals surface area (Å²) in [6, 6.07) is 1.95. The molecule has 0 aliphatic heterocycles. The molecule has 0 saturated carbocycles. The molecular weight excluding hydrogens is 162 g/mol. The van der Waals surface area contributed by atoms with Crippen LogP contribution in [0.5, 0.6) is 0 Å². The number of pyridine rings is 1. The first-order valence-electron chi connectivity index (χ1n) is 4.92. The Balaban J connectivity index is 0.000000671. The number of hydrogen-bond donors (Lipinski definition) is 1. The summed E-state index contributed by atoms with van der Waals surface area (Å²) in [5.41, 5.74) is 2.03. The first-order valence-corrected chi connectivity index (χ1v) is 4.92. The van der Waals surface area contributed by atoms with Gasteiger partial charge < -0.3 is 4.98 Å². The molecule has 1 rings (SSSR count). The zero-order valence-corrected chi connectivity index (χ0v) is 8.98. The van der Waals surface area contributed by atoms with Crippen LogP contribution in [0.1, 0.15) is 38.3 Å². The van der Waals surface area contributed by atoms with Crippen LogP contribution in [-0.2, 0) is 6.42 Å². The molecule has 0 spiro atoms. The summed E-state index contributed by atoms with van der Waals surface area (Å²) in [7, 11) is 0. The van der Waals surface area contributed by atoms with E-state index in [1.165, 1.54) is 5.56 Å². The van der Waals surface area contributed by atoms with Gasteiger partial charge in [-0.3, -0.25) is 4.79 Å². The third kappa shape index (κ3) is 3.92. The number of H-pyrrole nitrogens is 1. The van der Waals surface area contributed by atoms with Crippen molar-refractivity contribution in [2.45, 2.75) is 40.5 Å². The molecule has 0 unspecified atom stereocenters. The summed E-state index contributed by atoms with van der Waals surface area (Å²) in [6.45, 7) is 7.96. The fraction of sp³-hybridized carbons (Fsp3) is 0.545. The number of rotatable bonds is 2. The molecule has 0 fully saturated rings. The molecule has 0 amide bonds. The Morgan fingerprint density at radius 2 is 2.00 bits per heavy atom. The van der Waals surface area contributed by atoms with Crippen molar-refractivity contribution in [3.8, 4) is 0 Å². The lowest BCUT2D eigenvalue weighted by Gasteiger charge is -1.97. The monoisotopic (exact) mass is 181 g/mol. The normalized spacial score (nSPS) is 8.92. The van der Waals surface area contributed by atoms with Crippen molar-refractivity contribution in [3.63, 3.8) is 0 Å². The minimum Gasteiger partial charge on any atom is -0.329 e. The number of nitrogens with one attached hydrogen (secondary N) is 1. The summed E-state index contributed by atoms with van der Waals surface area (Å²) in [5.74, 6) is 0. The summed E-state index contributed by atoms with van der Waals surface area (Å²) in [6.07, 6.45) is 3.95. The average molecular weight is 181 g/mol. The lowest BCUT2D eigenvalue weighted by atomic mass is 10.1. The Morgan fingerprint density at radius 3 is 2.46 bits per heavy atom. The van der Waals surface area contributed by atoms with E-state index in [1.54, 1.807) is 6.20 Å². The molecule has 74 valence electrons. The summed E-state index contributed by atoms with van der Waals surface area (Å²) in [5, 5.41) is 0. The van der Waals surface area contributed by atoms with Crippen LogP contribution in [0.15, 0.2) is 17.1 Å². The highest BCUT2D eigenvalue weighted by Gasteiger charge is 1.94. The van der Waals surface area contributed by atoms with Gasteiger partial charge in [-0.2, -0.15) is 0 Å². The van der Waals surface area contributed by atoms with Gasteiger partial charge in [-0.05, 0) is 25.0 Å². The second-order valence-corrected chi connectivity index (χ2v) is 2.77. The molecule has 2 nitrogen and oxygen atoms in total. The van der Waals surface area contributed by atoms with E-state index in [2.05, 4.69) is 11.9 Å². The number of aryl methyl sites for hydroxylation is 2. The Bertz CT molecular complexity index is 288. The van der Waals surface area contributed by atoms with E-state index in [0.29, 0.717) is 0 Å². The second-order valence-electron chi connectivity index (χ2n) is 2.77. The highest BCUT2D eigenvalue weighted by atomic mass is 16.1. The van der Waals surface area contributed by atoms with Gasteiger partial charge in [-0.15, -0.1) is 0 Å². The van der Waals surface area contributed by atoms with Crippen LogP contribution < -0.4 is 5.56 Å². The van der Waals surface area contributed by atoms with E-state index >= 15 is 0 Å². The van der Waals surface area contributed by atoms with Crippen LogP contribution in [0.3, 0.4) is 0 Å². The summed E-state index contributed by atoms with van der Waals surface area (Å²) in [4.78, 5) is 13.6. The molecule has 0 radical (unpaired) electrons. The highest BCUT2D eigenvalue weighted by Crippen LogP contribution is 2.00. The quantitative estimate of drug-likeness (QED) is 0.747. The number of hydrogen-bond acceptors (Lipinski definition) is 1. The SMILES string of the molecule is CC.CCCc1c[nH]c(=O)c(C)c1. The fourth-order valence-electron chi connectivity index (χ4n) is 1.09. The van der Waals surface area contributed by atoms with Gasteiger partial charge in [0, 0.05) is 11.8 Å². The molecule has 0 bridgehead atoms.